The van der Waals surface area contributed by atoms with E-state index in [2.05, 4.69) is 20.2 Å². The third kappa shape index (κ3) is 0.852. The Morgan fingerprint density at radius 1 is 1.29 bits per heavy atom. The maximum absolute atomic E-state index is 8.73. The molecular weight excluding hydrogens is 178 g/mol. The van der Waals surface area contributed by atoms with Crippen LogP contribution in [0.15, 0.2) is 0 Å². The summed E-state index contributed by atoms with van der Waals surface area (Å²) in [6.07, 6.45) is 2.98. The zero-order chi connectivity index (χ0) is 9.54. The first-order valence-corrected chi connectivity index (χ1v) is 4.52. The van der Waals surface area contributed by atoms with Crippen molar-refractivity contribution in [2.45, 2.75) is 19.3 Å². The molecule has 2 aromatic rings. The largest absolute Gasteiger partial charge is 0.280 e. The van der Waals surface area contributed by atoms with E-state index in [1.165, 1.54) is 0 Å². The van der Waals surface area contributed by atoms with Crippen LogP contribution < -0.4 is 0 Å². The van der Waals surface area contributed by atoms with Gasteiger partial charge in [0.15, 0.2) is 5.65 Å². The van der Waals surface area contributed by atoms with Crippen LogP contribution in [0.4, 0.5) is 0 Å². The van der Waals surface area contributed by atoms with E-state index in [1.54, 1.807) is 0 Å². The highest BCUT2D eigenvalue weighted by Gasteiger charge is 2.18. The molecule has 5 heteroatoms. The molecule has 0 aliphatic heterocycles. The van der Waals surface area contributed by atoms with Crippen molar-refractivity contribution in [1.29, 1.82) is 5.26 Å². The third-order valence-corrected chi connectivity index (χ3v) is 2.50. The predicted molar refractivity (Wildman–Crippen MR) is 48.4 cm³/mol. The number of aromatic nitrogens is 4. The molecule has 0 saturated heterocycles. The van der Waals surface area contributed by atoms with Crippen LogP contribution in [-0.4, -0.2) is 20.2 Å². The summed E-state index contributed by atoms with van der Waals surface area (Å²) in [4.78, 5) is 8.23. The number of aromatic amines is 1. The van der Waals surface area contributed by atoms with Gasteiger partial charge in [-0.2, -0.15) is 15.3 Å². The van der Waals surface area contributed by atoms with E-state index >= 15 is 0 Å². The molecule has 0 atom stereocenters. The highest BCUT2D eigenvalue weighted by atomic mass is 15.2. The minimum absolute atomic E-state index is 0.215. The van der Waals surface area contributed by atoms with Crippen molar-refractivity contribution in [1.82, 2.24) is 20.2 Å². The lowest BCUT2D eigenvalue weighted by molar-refractivity contribution is 0.762. The Hall–Kier alpha value is -1.96. The van der Waals surface area contributed by atoms with Crippen molar-refractivity contribution in [3.05, 3.63) is 17.2 Å². The molecule has 3 rings (SSSR count). The van der Waals surface area contributed by atoms with Crippen LogP contribution in [0.25, 0.3) is 11.0 Å². The monoisotopic (exact) mass is 185 g/mol. The van der Waals surface area contributed by atoms with E-state index < -0.39 is 0 Å². The molecule has 68 valence electrons. The highest BCUT2D eigenvalue weighted by molar-refractivity contribution is 5.81. The fourth-order valence-corrected chi connectivity index (χ4v) is 1.90. The molecule has 0 amide bonds. The molecule has 2 aromatic heterocycles. The van der Waals surface area contributed by atoms with Gasteiger partial charge in [0.1, 0.15) is 6.07 Å². The second kappa shape index (κ2) is 2.51. The molecule has 5 nitrogen and oxygen atoms in total. The molecule has 0 fully saturated rings. The van der Waals surface area contributed by atoms with Gasteiger partial charge in [0.25, 0.3) is 0 Å². The summed E-state index contributed by atoms with van der Waals surface area (Å²) in [5.41, 5.74) is 2.69. The third-order valence-electron chi connectivity index (χ3n) is 2.50. The molecule has 0 unspecified atom stereocenters. The predicted octanol–water partition coefficient (Wildman–Crippen LogP) is 0.713. The van der Waals surface area contributed by atoms with Crippen LogP contribution in [0.5, 0.6) is 0 Å². The minimum atomic E-state index is 0.215. The molecular formula is C9H7N5. The van der Waals surface area contributed by atoms with E-state index in [4.69, 9.17) is 5.26 Å². The van der Waals surface area contributed by atoms with Gasteiger partial charge in [0.2, 0.25) is 5.82 Å². The van der Waals surface area contributed by atoms with Crippen LogP contribution in [0.1, 0.15) is 23.6 Å². The first kappa shape index (κ1) is 7.44. The van der Waals surface area contributed by atoms with Crippen molar-refractivity contribution in [3.8, 4) is 6.07 Å². The summed E-state index contributed by atoms with van der Waals surface area (Å²) >= 11 is 0. The van der Waals surface area contributed by atoms with E-state index in [-0.39, 0.29) is 5.82 Å². The minimum Gasteiger partial charge on any atom is -0.280 e. The lowest BCUT2D eigenvalue weighted by Gasteiger charge is -2.08. The second-order valence-electron chi connectivity index (χ2n) is 3.36. The lowest BCUT2D eigenvalue weighted by atomic mass is 10.0. The fourth-order valence-electron chi connectivity index (χ4n) is 1.90. The Kier molecular flexibility index (Phi) is 1.34. The van der Waals surface area contributed by atoms with Crippen molar-refractivity contribution in [2.24, 2.45) is 0 Å². The number of nitrogens with one attached hydrogen (secondary N) is 1. The topological polar surface area (TPSA) is 78.2 Å². The Morgan fingerprint density at radius 2 is 2.21 bits per heavy atom. The van der Waals surface area contributed by atoms with Crippen LogP contribution in [0.3, 0.4) is 0 Å². The van der Waals surface area contributed by atoms with Crippen molar-refractivity contribution in [3.63, 3.8) is 0 Å². The zero-order valence-electron chi connectivity index (χ0n) is 7.41. The summed E-state index contributed by atoms with van der Waals surface area (Å²) in [6.45, 7) is 0. The maximum Gasteiger partial charge on any atom is 0.234 e. The molecule has 2 heterocycles. The quantitative estimate of drug-likeness (QED) is 0.655. The fraction of sp³-hybridized carbons (Fsp3) is 0.333. The molecule has 0 bridgehead atoms. The average Bonchev–Trinajstić information content (AvgIpc) is 2.64. The first-order chi connectivity index (χ1) is 6.88. The van der Waals surface area contributed by atoms with Gasteiger partial charge in [-0.1, -0.05) is 0 Å². The lowest BCUT2D eigenvalue weighted by Crippen LogP contribution is -2.04. The van der Waals surface area contributed by atoms with Gasteiger partial charge in [-0.25, -0.2) is 4.98 Å². The van der Waals surface area contributed by atoms with Crippen LogP contribution >= 0.6 is 0 Å². The van der Waals surface area contributed by atoms with Crippen molar-refractivity contribution < 1.29 is 0 Å². The van der Waals surface area contributed by atoms with Gasteiger partial charge in [-0.15, -0.1) is 0 Å². The van der Waals surface area contributed by atoms with Crippen LogP contribution in [0, 0.1) is 11.3 Å². The van der Waals surface area contributed by atoms with Gasteiger partial charge < -0.3 is 0 Å². The van der Waals surface area contributed by atoms with Gasteiger partial charge in [-0.3, -0.25) is 5.10 Å². The summed E-state index contributed by atoms with van der Waals surface area (Å²) in [7, 11) is 0. The van der Waals surface area contributed by atoms with E-state index in [0.29, 0.717) is 5.65 Å². The van der Waals surface area contributed by atoms with Crippen LogP contribution in [0.2, 0.25) is 0 Å². The highest BCUT2D eigenvalue weighted by Crippen LogP contribution is 2.24. The van der Waals surface area contributed by atoms with Crippen LogP contribution in [-0.2, 0) is 12.8 Å². The molecule has 0 radical (unpaired) electrons. The van der Waals surface area contributed by atoms with Gasteiger partial charge >= 0.3 is 0 Å². The Balaban J connectivity index is 2.43. The van der Waals surface area contributed by atoms with Crippen molar-refractivity contribution in [2.75, 3.05) is 0 Å². The molecule has 14 heavy (non-hydrogen) atoms. The number of H-pyrrole nitrogens is 1. The number of hydrogen-bond acceptors (Lipinski definition) is 4. The number of hydrogen-bond donors (Lipinski definition) is 1. The summed E-state index contributed by atoms with van der Waals surface area (Å²) in [5, 5.41) is 16.8. The number of nitriles is 1. The number of nitrogens with zero attached hydrogens (tertiary/aromatic N) is 4. The first-order valence-electron chi connectivity index (χ1n) is 4.52. The summed E-state index contributed by atoms with van der Waals surface area (Å²) < 4.78 is 0. The Labute approximate surface area is 79.8 Å². The Bertz CT molecular complexity index is 548. The molecule has 1 aliphatic rings. The number of aryl methyl sites for hydroxylation is 2. The smallest absolute Gasteiger partial charge is 0.234 e. The second-order valence-corrected chi connectivity index (χ2v) is 3.36. The molecule has 0 aromatic carbocycles. The molecule has 1 aliphatic carbocycles. The van der Waals surface area contributed by atoms with E-state index in [9.17, 15) is 0 Å². The summed E-state index contributed by atoms with van der Waals surface area (Å²) in [5.74, 6) is 0.215. The summed E-state index contributed by atoms with van der Waals surface area (Å²) in [6, 6.07) is 1.95. The molecule has 0 spiro atoms. The number of rotatable bonds is 0. The molecule has 1 N–H and O–H groups in total. The van der Waals surface area contributed by atoms with Gasteiger partial charge in [0.05, 0.1) is 11.1 Å². The van der Waals surface area contributed by atoms with E-state index in [1.807, 2.05) is 6.07 Å². The Morgan fingerprint density at radius 3 is 3.07 bits per heavy atom. The van der Waals surface area contributed by atoms with Crippen molar-refractivity contribution >= 4 is 11.0 Å². The maximum atomic E-state index is 8.73. The standard InChI is InChI=1S/C9H7N5/c10-4-7-11-5-2-1-3-6-8(5)9(12-7)14-13-6/h1-3H2,(H,11,12,13,14). The average molecular weight is 185 g/mol. The van der Waals surface area contributed by atoms with Gasteiger partial charge in [0, 0.05) is 5.69 Å². The van der Waals surface area contributed by atoms with Gasteiger partial charge in [-0.05, 0) is 19.3 Å². The molecule has 0 saturated carbocycles. The zero-order valence-corrected chi connectivity index (χ0v) is 7.41. The normalized spacial score (nSPS) is 14.2. The SMILES string of the molecule is N#Cc1nc2c3c([nH]nc3n1)CCC2. The van der Waals surface area contributed by atoms with E-state index in [0.717, 1.165) is 36.0 Å².